The number of hydrogen-bond acceptors (Lipinski definition) is 6. The van der Waals surface area contributed by atoms with Crippen molar-refractivity contribution in [1.82, 2.24) is 14.8 Å². The summed E-state index contributed by atoms with van der Waals surface area (Å²) in [6.45, 7) is 0.264. The molecule has 0 aliphatic carbocycles. The number of hydrogen-bond donors (Lipinski definition) is 1. The number of nitrogens with one attached hydrogen (secondary N) is 1. The van der Waals surface area contributed by atoms with Gasteiger partial charge < -0.3 is 9.30 Å². The normalized spacial score (nSPS) is 10.8. The van der Waals surface area contributed by atoms with Crippen molar-refractivity contribution < 1.29 is 9.53 Å². The summed E-state index contributed by atoms with van der Waals surface area (Å²) < 4.78 is 6.32. The van der Waals surface area contributed by atoms with Gasteiger partial charge in [-0.2, -0.15) is 0 Å². The number of nitrogens with zero attached hydrogens (tertiary/aromatic N) is 3. The predicted octanol–water partition coefficient (Wildman–Crippen LogP) is 1.64. The minimum absolute atomic E-state index is 0.0805. The van der Waals surface area contributed by atoms with Crippen LogP contribution in [0.5, 0.6) is 0 Å². The summed E-state index contributed by atoms with van der Waals surface area (Å²) in [5, 5.41) is 12.9. The number of amides is 1. The average Bonchev–Trinajstić information content (AvgIpc) is 2.98. The summed E-state index contributed by atoms with van der Waals surface area (Å²) >= 11 is 1.24. The Labute approximate surface area is 135 Å². The molecule has 7 nitrogen and oxygen atoms in total. The number of benzene rings is 1. The molecule has 0 aliphatic heterocycles. The third kappa shape index (κ3) is 3.43. The van der Waals surface area contributed by atoms with Crippen molar-refractivity contribution in [2.45, 2.75) is 13.2 Å². The zero-order valence-corrected chi connectivity index (χ0v) is 13.2. The van der Waals surface area contributed by atoms with Crippen LogP contribution in [0.15, 0.2) is 41.3 Å². The smallest absolute Gasteiger partial charge is 0.258 e. The maximum Gasteiger partial charge on any atom is 0.258 e. The van der Waals surface area contributed by atoms with Gasteiger partial charge in [-0.15, -0.1) is 10.2 Å². The summed E-state index contributed by atoms with van der Waals surface area (Å²) in [7, 11) is 1.56. The lowest BCUT2D eigenvalue weighted by Crippen LogP contribution is -2.27. The minimum atomic E-state index is -0.331. The molecule has 2 aromatic heterocycles. The van der Waals surface area contributed by atoms with Crippen LogP contribution in [-0.2, 0) is 22.7 Å². The Hall–Kier alpha value is -2.58. The highest BCUT2D eigenvalue weighted by molar-refractivity contribution is 7.15. The van der Waals surface area contributed by atoms with E-state index >= 15 is 0 Å². The van der Waals surface area contributed by atoms with Crippen molar-refractivity contribution in [3.05, 3.63) is 51.9 Å². The summed E-state index contributed by atoms with van der Waals surface area (Å²) in [5.74, 6) is -0.331. The highest BCUT2D eigenvalue weighted by atomic mass is 32.1. The Kier molecular flexibility index (Phi) is 4.45. The Morgan fingerprint density at radius 3 is 2.96 bits per heavy atom. The maximum atomic E-state index is 12.3. The largest absolute Gasteiger partial charge is 0.377 e. The minimum Gasteiger partial charge on any atom is -0.377 e. The number of carbonyl (C=O) groups is 1. The first kappa shape index (κ1) is 15.3. The SMILES string of the molecule is COCc1nnc(NC(=O)Cn2ccc3ccccc3c2=O)s1. The van der Waals surface area contributed by atoms with Crippen LogP contribution in [0.25, 0.3) is 10.8 Å². The topological polar surface area (TPSA) is 86.1 Å². The molecule has 0 fully saturated rings. The Morgan fingerprint density at radius 1 is 1.30 bits per heavy atom. The molecule has 3 aromatic rings. The fourth-order valence-electron chi connectivity index (χ4n) is 2.15. The van der Waals surface area contributed by atoms with E-state index in [9.17, 15) is 9.59 Å². The number of ether oxygens (including phenoxy) is 1. The molecule has 8 heteroatoms. The second-order valence-electron chi connectivity index (χ2n) is 4.82. The van der Waals surface area contributed by atoms with Gasteiger partial charge in [0, 0.05) is 18.7 Å². The standard InChI is InChI=1S/C15H14N4O3S/c1-22-9-13-17-18-15(23-13)16-12(20)8-19-7-6-10-4-2-3-5-11(10)14(19)21/h2-7H,8-9H2,1H3,(H,16,18,20). The van der Waals surface area contributed by atoms with Crippen molar-refractivity contribution >= 4 is 33.1 Å². The molecule has 23 heavy (non-hydrogen) atoms. The molecule has 1 amide bonds. The molecule has 0 bridgehead atoms. The first-order chi connectivity index (χ1) is 11.2. The van der Waals surface area contributed by atoms with E-state index in [0.717, 1.165) is 5.39 Å². The molecule has 0 saturated carbocycles. The number of methoxy groups -OCH3 is 1. The van der Waals surface area contributed by atoms with E-state index in [4.69, 9.17) is 4.74 Å². The monoisotopic (exact) mass is 330 g/mol. The molecule has 0 atom stereocenters. The van der Waals surface area contributed by atoms with Crippen LogP contribution in [0.2, 0.25) is 0 Å². The Bertz CT molecular complexity index is 903. The highest BCUT2D eigenvalue weighted by Gasteiger charge is 2.10. The van der Waals surface area contributed by atoms with Crippen molar-refractivity contribution in [2.75, 3.05) is 12.4 Å². The molecule has 118 valence electrons. The lowest BCUT2D eigenvalue weighted by Gasteiger charge is -2.06. The molecule has 0 unspecified atom stereocenters. The van der Waals surface area contributed by atoms with Gasteiger partial charge >= 0.3 is 0 Å². The summed E-state index contributed by atoms with van der Waals surface area (Å²) in [6.07, 6.45) is 1.61. The second kappa shape index (κ2) is 6.67. The van der Waals surface area contributed by atoms with Gasteiger partial charge in [-0.05, 0) is 17.5 Å². The molecule has 0 aliphatic rings. The summed E-state index contributed by atoms with van der Waals surface area (Å²) in [4.78, 5) is 24.4. The quantitative estimate of drug-likeness (QED) is 0.768. The van der Waals surface area contributed by atoms with Gasteiger partial charge in [0.05, 0.1) is 0 Å². The molecule has 3 rings (SSSR count). The average molecular weight is 330 g/mol. The molecular formula is C15H14N4O3S. The first-order valence-electron chi connectivity index (χ1n) is 6.87. The van der Waals surface area contributed by atoms with Gasteiger partial charge in [-0.1, -0.05) is 29.5 Å². The fraction of sp³-hybridized carbons (Fsp3) is 0.200. The van der Waals surface area contributed by atoms with Gasteiger partial charge in [0.2, 0.25) is 11.0 Å². The number of pyridine rings is 1. The van der Waals surface area contributed by atoms with Crippen molar-refractivity contribution in [2.24, 2.45) is 0 Å². The van der Waals surface area contributed by atoms with Crippen LogP contribution < -0.4 is 10.9 Å². The molecular weight excluding hydrogens is 316 g/mol. The van der Waals surface area contributed by atoms with E-state index in [1.165, 1.54) is 15.9 Å². The van der Waals surface area contributed by atoms with Crippen LogP contribution in [0.1, 0.15) is 5.01 Å². The van der Waals surface area contributed by atoms with Gasteiger partial charge in [0.25, 0.3) is 5.56 Å². The third-order valence-electron chi connectivity index (χ3n) is 3.18. The number of carbonyl (C=O) groups excluding carboxylic acids is 1. The number of anilines is 1. The summed E-state index contributed by atoms with van der Waals surface area (Å²) in [5.41, 5.74) is -0.199. The second-order valence-corrected chi connectivity index (χ2v) is 5.88. The van der Waals surface area contributed by atoms with Crippen molar-refractivity contribution in [3.8, 4) is 0 Å². The first-order valence-corrected chi connectivity index (χ1v) is 7.68. The van der Waals surface area contributed by atoms with E-state index < -0.39 is 0 Å². The molecule has 1 N–H and O–H groups in total. The number of rotatable bonds is 5. The Morgan fingerprint density at radius 2 is 2.13 bits per heavy atom. The third-order valence-corrected chi connectivity index (χ3v) is 3.99. The van der Waals surface area contributed by atoms with E-state index in [2.05, 4.69) is 15.5 Å². The number of fused-ring (bicyclic) bond motifs is 1. The number of aromatic nitrogens is 3. The zero-order valence-electron chi connectivity index (χ0n) is 12.4. The molecule has 0 radical (unpaired) electrons. The fourth-order valence-corrected chi connectivity index (χ4v) is 2.88. The molecule has 1 aromatic carbocycles. The van der Waals surface area contributed by atoms with E-state index in [1.54, 1.807) is 25.4 Å². The maximum absolute atomic E-state index is 12.3. The highest BCUT2D eigenvalue weighted by Crippen LogP contribution is 2.15. The summed E-state index contributed by atoms with van der Waals surface area (Å²) in [6, 6.07) is 9.08. The van der Waals surface area contributed by atoms with Crippen LogP contribution in [0, 0.1) is 0 Å². The van der Waals surface area contributed by atoms with Crippen molar-refractivity contribution in [1.29, 1.82) is 0 Å². The van der Waals surface area contributed by atoms with Crippen molar-refractivity contribution in [3.63, 3.8) is 0 Å². The molecule has 0 spiro atoms. The lowest BCUT2D eigenvalue weighted by atomic mass is 10.2. The zero-order chi connectivity index (χ0) is 16.2. The van der Waals surface area contributed by atoms with Crippen LogP contribution in [0.3, 0.4) is 0 Å². The van der Waals surface area contributed by atoms with Crippen LogP contribution in [0.4, 0.5) is 5.13 Å². The molecule has 2 heterocycles. The van der Waals surface area contributed by atoms with E-state index in [1.807, 2.05) is 18.2 Å². The van der Waals surface area contributed by atoms with E-state index in [-0.39, 0.29) is 18.0 Å². The van der Waals surface area contributed by atoms with E-state index in [0.29, 0.717) is 22.1 Å². The van der Waals surface area contributed by atoms with Gasteiger partial charge in [-0.3, -0.25) is 14.9 Å². The Balaban J connectivity index is 1.74. The van der Waals surface area contributed by atoms with Crippen LogP contribution in [-0.4, -0.2) is 27.8 Å². The molecule has 0 saturated heterocycles. The van der Waals surface area contributed by atoms with Gasteiger partial charge in [0.15, 0.2) is 0 Å². The lowest BCUT2D eigenvalue weighted by molar-refractivity contribution is -0.116. The predicted molar refractivity (Wildman–Crippen MR) is 87.5 cm³/mol. The van der Waals surface area contributed by atoms with Crippen LogP contribution >= 0.6 is 11.3 Å². The van der Waals surface area contributed by atoms with Gasteiger partial charge in [0.1, 0.15) is 18.2 Å². The van der Waals surface area contributed by atoms with Gasteiger partial charge in [-0.25, -0.2) is 0 Å².